The van der Waals surface area contributed by atoms with Gasteiger partial charge in [-0.15, -0.1) is 0 Å². The van der Waals surface area contributed by atoms with Crippen molar-refractivity contribution in [1.82, 2.24) is 9.47 Å². The molecule has 5 heteroatoms. The van der Waals surface area contributed by atoms with E-state index in [0.29, 0.717) is 25.6 Å². The third kappa shape index (κ3) is 3.18. The predicted octanol–water partition coefficient (Wildman–Crippen LogP) is 2.57. The molecule has 1 aliphatic heterocycles. The minimum absolute atomic E-state index is 0.0409. The molecule has 5 nitrogen and oxygen atoms in total. The number of aromatic nitrogens is 1. The summed E-state index contributed by atoms with van der Waals surface area (Å²) in [6.45, 7) is 1.11. The second-order valence-electron chi connectivity index (χ2n) is 7.05. The fourth-order valence-corrected chi connectivity index (χ4v) is 3.57. The highest BCUT2D eigenvalue weighted by Gasteiger charge is 2.41. The minimum Gasteiger partial charge on any atom is -0.353 e. The van der Waals surface area contributed by atoms with Gasteiger partial charge in [-0.2, -0.15) is 0 Å². The van der Waals surface area contributed by atoms with Crippen LogP contribution in [0.25, 0.3) is 0 Å². The first-order valence-corrected chi connectivity index (χ1v) is 8.89. The molecule has 1 unspecified atom stereocenters. The summed E-state index contributed by atoms with van der Waals surface area (Å²) in [5.41, 5.74) is 2.01. The summed E-state index contributed by atoms with van der Waals surface area (Å²) in [6, 6.07) is 14.0. The van der Waals surface area contributed by atoms with Crippen LogP contribution < -0.4 is 4.90 Å². The van der Waals surface area contributed by atoms with Gasteiger partial charge < -0.3 is 14.4 Å². The second kappa shape index (κ2) is 6.39. The summed E-state index contributed by atoms with van der Waals surface area (Å²) in [7, 11) is 2.00. The van der Waals surface area contributed by atoms with Crippen molar-refractivity contribution in [2.75, 3.05) is 11.4 Å². The van der Waals surface area contributed by atoms with E-state index in [-0.39, 0.29) is 17.7 Å². The molecule has 1 aromatic carbocycles. The van der Waals surface area contributed by atoms with Crippen LogP contribution >= 0.6 is 0 Å². The average Bonchev–Trinajstić information content (AvgIpc) is 3.27. The van der Waals surface area contributed by atoms with Gasteiger partial charge in [0, 0.05) is 43.6 Å². The third-order valence-corrected chi connectivity index (χ3v) is 5.20. The molecule has 1 saturated heterocycles. The van der Waals surface area contributed by atoms with Crippen LogP contribution in [-0.4, -0.2) is 33.9 Å². The molecule has 25 heavy (non-hydrogen) atoms. The maximum atomic E-state index is 13.1. The molecule has 1 aliphatic carbocycles. The molecule has 130 valence electrons. The number of carbonyl (C=O) groups excluding carboxylic acids is 2. The Morgan fingerprint density at radius 3 is 2.56 bits per heavy atom. The summed E-state index contributed by atoms with van der Waals surface area (Å²) >= 11 is 0. The summed E-state index contributed by atoms with van der Waals surface area (Å²) in [5.74, 6) is -0.0804. The molecule has 4 rings (SSSR count). The maximum absolute atomic E-state index is 13.1. The molecule has 2 fully saturated rings. The Balaban J connectivity index is 1.49. The fourth-order valence-electron chi connectivity index (χ4n) is 3.57. The third-order valence-electron chi connectivity index (χ3n) is 5.20. The second-order valence-corrected chi connectivity index (χ2v) is 7.05. The van der Waals surface area contributed by atoms with Crippen molar-refractivity contribution in [2.45, 2.75) is 31.8 Å². The number of nitrogens with zero attached hydrogens (tertiary/aromatic N) is 3. The molecule has 0 spiro atoms. The Hall–Kier alpha value is -2.56. The summed E-state index contributed by atoms with van der Waals surface area (Å²) in [4.78, 5) is 29.3. The van der Waals surface area contributed by atoms with Gasteiger partial charge in [-0.25, -0.2) is 0 Å². The fraction of sp³-hybridized carbons (Fsp3) is 0.400. The van der Waals surface area contributed by atoms with Gasteiger partial charge in [0.2, 0.25) is 11.8 Å². The van der Waals surface area contributed by atoms with E-state index < -0.39 is 0 Å². The highest BCUT2D eigenvalue weighted by atomic mass is 16.2. The molecule has 0 bridgehead atoms. The van der Waals surface area contributed by atoms with E-state index >= 15 is 0 Å². The molecule has 2 amide bonds. The predicted molar refractivity (Wildman–Crippen MR) is 95.9 cm³/mol. The molecule has 2 heterocycles. The topological polar surface area (TPSA) is 45.6 Å². The van der Waals surface area contributed by atoms with Gasteiger partial charge in [0.05, 0.1) is 12.5 Å². The van der Waals surface area contributed by atoms with E-state index in [9.17, 15) is 9.59 Å². The number of amides is 2. The number of carbonyl (C=O) groups is 2. The molecule has 1 atom stereocenters. The highest BCUT2D eigenvalue weighted by molar-refractivity contribution is 6.00. The molecule has 2 aliphatic rings. The van der Waals surface area contributed by atoms with Crippen molar-refractivity contribution in [2.24, 2.45) is 13.0 Å². The van der Waals surface area contributed by atoms with Crippen molar-refractivity contribution in [3.8, 4) is 0 Å². The van der Waals surface area contributed by atoms with Crippen molar-refractivity contribution >= 4 is 17.5 Å². The zero-order chi connectivity index (χ0) is 17.4. The van der Waals surface area contributed by atoms with E-state index in [4.69, 9.17) is 0 Å². The van der Waals surface area contributed by atoms with Crippen LogP contribution in [0.5, 0.6) is 0 Å². The van der Waals surface area contributed by atoms with Gasteiger partial charge in [0.1, 0.15) is 0 Å². The molecule has 1 saturated carbocycles. The van der Waals surface area contributed by atoms with Crippen molar-refractivity contribution in [3.05, 3.63) is 54.4 Å². The van der Waals surface area contributed by atoms with E-state index in [1.165, 1.54) is 0 Å². The number of aryl methyl sites for hydroxylation is 1. The van der Waals surface area contributed by atoms with Crippen LogP contribution in [0.1, 0.15) is 25.0 Å². The Morgan fingerprint density at radius 1 is 1.16 bits per heavy atom. The Kier molecular flexibility index (Phi) is 4.07. The average molecular weight is 337 g/mol. The van der Waals surface area contributed by atoms with Crippen LogP contribution in [0.15, 0.2) is 48.7 Å². The van der Waals surface area contributed by atoms with E-state index in [1.807, 2.05) is 54.5 Å². The summed E-state index contributed by atoms with van der Waals surface area (Å²) in [5, 5.41) is 0. The molecule has 1 aromatic heterocycles. The largest absolute Gasteiger partial charge is 0.353 e. The number of anilines is 1. The van der Waals surface area contributed by atoms with Gasteiger partial charge in [0.15, 0.2) is 0 Å². The minimum atomic E-state index is -0.242. The van der Waals surface area contributed by atoms with Crippen molar-refractivity contribution in [1.29, 1.82) is 0 Å². The van der Waals surface area contributed by atoms with Crippen LogP contribution in [-0.2, 0) is 23.2 Å². The van der Waals surface area contributed by atoms with E-state index in [0.717, 1.165) is 24.2 Å². The zero-order valence-electron chi connectivity index (χ0n) is 14.5. The molecular weight excluding hydrogens is 314 g/mol. The normalized spacial score (nSPS) is 20.1. The molecule has 0 N–H and O–H groups in total. The van der Waals surface area contributed by atoms with Gasteiger partial charge in [-0.1, -0.05) is 18.2 Å². The maximum Gasteiger partial charge on any atom is 0.228 e. The summed E-state index contributed by atoms with van der Waals surface area (Å²) in [6.07, 6.45) is 4.45. The molecular formula is C20H23N3O2. The lowest BCUT2D eigenvalue weighted by Gasteiger charge is -2.26. The van der Waals surface area contributed by atoms with Gasteiger partial charge in [-0.05, 0) is 37.1 Å². The van der Waals surface area contributed by atoms with Crippen LogP contribution in [0.4, 0.5) is 5.69 Å². The quantitative estimate of drug-likeness (QED) is 0.842. The van der Waals surface area contributed by atoms with E-state index in [1.54, 1.807) is 4.90 Å². The van der Waals surface area contributed by atoms with Crippen LogP contribution in [0.2, 0.25) is 0 Å². The molecule has 2 aromatic rings. The highest BCUT2D eigenvalue weighted by Crippen LogP contribution is 2.33. The van der Waals surface area contributed by atoms with Crippen molar-refractivity contribution in [3.63, 3.8) is 0 Å². The lowest BCUT2D eigenvalue weighted by molar-refractivity contribution is -0.137. The lowest BCUT2D eigenvalue weighted by atomic mass is 10.1. The first-order valence-electron chi connectivity index (χ1n) is 8.89. The smallest absolute Gasteiger partial charge is 0.228 e. The van der Waals surface area contributed by atoms with Crippen LogP contribution in [0.3, 0.4) is 0 Å². The first kappa shape index (κ1) is 15.9. The lowest BCUT2D eigenvalue weighted by Crippen LogP contribution is -2.39. The zero-order valence-corrected chi connectivity index (χ0v) is 14.5. The van der Waals surface area contributed by atoms with Gasteiger partial charge >= 0.3 is 0 Å². The van der Waals surface area contributed by atoms with Gasteiger partial charge in [-0.3, -0.25) is 9.59 Å². The van der Waals surface area contributed by atoms with E-state index in [2.05, 4.69) is 10.6 Å². The summed E-state index contributed by atoms with van der Waals surface area (Å²) < 4.78 is 2.05. The number of para-hydroxylation sites is 1. The monoisotopic (exact) mass is 337 g/mol. The van der Waals surface area contributed by atoms with Crippen LogP contribution in [0, 0.1) is 5.92 Å². The molecule has 0 radical (unpaired) electrons. The standard InChI is InChI=1S/C20H23N3O2/c1-21-11-5-8-18(21)14-23(17-9-10-17)20(25)15-12-19(24)22(13-15)16-6-3-2-4-7-16/h2-8,11,15,17H,9-10,12-14H2,1H3. The van der Waals surface area contributed by atoms with Gasteiger partial charge in [0.25, 0.3) is 0 Å². The number of rotatable bonds is 5. The SMILES string of the molecule is Cn1cccc1CN(C(=O)C1CC(=O)N(c2ccccc2)C1)C1CC1. The Bertz CT molecular complexity index is 779. The first-order chi connectivity index (χ1) is 12.1. The van der Waals surface area contributed by atoms with Crippen molar-refractivity contribution < 1.29 is 9.59 Å². The Morgan fingerprint density at radius 2 is 1.92 bits per heavy atom. The Labute approximate surface area is 147 Å². The number of benzene rings is 1. The number of hydrogen-bond donors (Lipinski definition) is 0. The number of hydrogen-bond acceptors (Lipinski definition) is 2.